The van der Waals surface area contributed by atoms with E-state index in [2.05, 4.69) is 158 Å². The third-order valence-electron chi connectivity index (χ3n) is 8.69. The molecule has 0 radical (unpaired) electrons. The van der Waals surface area contributed by atoms with E-state index in [-0.39, 0.29) is 0 Å². The first-order chi connectivity index (χ1) is 22.3. The van der Waals surface area contributed by atoms with Gasteiger partial charge < -0.3 is 0 Å². The highest BCUT2D eigenvalue weighted by Crippen LogP contribution is 2.44. The molecule has 45 heavy (non-hydrogen) atoms. The SMILES string of the molecule is c1ccc(-c2cccc(-c3cccc(-c4nc(-c5cccc6ccccc56)c5c(n4)sc4ccc6ccccc6c45)c3)c2)cc1. The standard InChI is InChI=1S/C42H26N2S/c1-2-11-27(12-3-1)30-16-8-17-31(25-30)32-18-9-19-33(26-32)41-43-40(36-22-10-15-28-13-4-6-20-34(28)36)39-38-35-21-7-5-14-29(35)23-24-37(38)45-42(39)44-41/h1-26H. The molecule has 0 unspecified atom stereocenters. The normalized spacial score (nSPS) is 11.6. The second-order valence-electron chi connectivity index (χ2n) is 11.4. The van der Waals surface area contributed by atoms with Gasteiger partial charge in [0.1, 0.15) is 4.83 Å². The highest BCUT2D eigenvalue weighted by molar-refractivity contribution is 7.25. The first-order valence-electron chi connectivity index (χ1n) is 15.2. The van der Waals surface area contributed by atoms with Crippen molar-refractivity contribution in [1.29, 1.82) is 0 Å². The number of benzene rings is 7. The molecular weight excluding hydrogens is 565 g/mol. The molecule has 3 heteroatoms. The van der Waals surface area contributed by atoms with E-state index in [1.54, 1.807) is 11.3 Å². The Hall–Kier alpha value is -5.64. The van der Waals surface area contributed by atoms with E-state index in [0.29, 0.717) is 0 Å². The minimum atomic E-state index is 0.738. The molecule has 9 rings (SSSR count). The second-order valence-corrected chi connectivity index (χ2v) is 12.4. The lowest BCUT2D eigenvalue weighted by atomic mass is 9.97. The van der Waals surface area contributed by atoms with Crippen LogP contribution in [0.2, 0.25) is 0 Å². The largest absolute Gasteiger partial charge is 0.227 e. The van der Waals surface area contributed by atoms with Crippen LogP contribution in [0.15, 0.2) is 158 Å². The van der Waals surface area contributed by atoms with Crippen molar-refractivity contribution >= 4 is 53.2 Å². The summed E-state index contributed by atoms with van der Waals surface area (Å²) >= 11 is 1.75. The third kappa shape index (κ3) is 4.40. The maximum atomic E-state index is 5.42. The van der Waals surface area contributed by atoms with Crippen LogP contribution in [0.4, 0.5) is 0 Å². The Morgan fingerprint density at radius 3 is 1.78 bits per heavy atom. The summed E-state index contributed by atoms with van der Waals surface area (Å²) in [6.45, 7) is 0. The van der Waals surface area contributed by atoms with Gasteiger partial charge in [-0.2, -0.15) is 0 Å². The fraction of sp³-hybridized carbons (Fsp3) is 0. The molecule has 0 N–H and O–H groups in total. The smallest absolute Gasteiger partial charge is 0.161 e. The van der Waals surface area contributed by atoms with Crippen LogP contribution >= 0.6 is 11.3 Å². The zero-order valence-electron chi connectivity index (χ0n) is 24.3. The Labute approximate surface area is 264 Å². The van der Waals surface area contributed by atoms with Crippen molar-refractivity contribution in [1.82, 2.24) is 9.97 Å². The van der Waals surface area contributed by atoms with Gasteiger partial charge in [0.05, 0.1) is 5.69 Å². The molecular formula is C42H26N2S. The first-order valence-corrected chi connectivity index (χ1v) is 16.0. The van der Waals surface area contributed by atoms with Gasteiger partial charge in [0.25, 0.3) is 0 Å². The summed E-state index contributed by atoms with van der Waals surface area (Å²) in [7, 11) is 0. The van der Waals surface area contributed by atoms with Gasteiger partial charge in [-0.05, 0) is 62.0 Å². The van der Waals surface area contributed by atoms with E-state index in [1.807, 2.05) is 0 Å². The highest BCUT2D eigenvalue weighted by atomic mass is 32.1. The summed E-state index contributed by atoms with van der Waals surface area (Å²) < 4.78 is 1.23. The zero-order chi connectivity index (χ0) is 29.7. The number of thiophene rings is 1. The maximum absolute atomic E-state index is 5.42. The lowest BCUT2D eigenvalue weighted by Crippen LogP contribution is -1.95. The number of rotatable bonds is 4. The van der Waals surface area contributed by atoms with Crippen LogP contribution in [-0.4, -0.2) is 9.97 Å². The minimum Gasteiger partial charge on any atom is -0.227 e. The van der Waals surface area contributed by atoms with Crippen molar-refractivity contribution < 1.29 is 0 Å². The summed E-state index contributed by atoms with van der Waals surface area (Å²) in [5.41, 5.74) is 7.83. The Balaban J connectivity index is 1.29. The van der Waals surface area contributed by atoms with Crippen LogP contribution in [-0.2, 0) is 0 Å². The van der Waals surface area contributed by atoms with Crippen LogP contribution in [0.1, 0.15) is 0 Å². The molecule has 0 fully saturated rings. The minimum absolute atomic E-state index is 0.738. The van der Waals surface area contributed by atoms with Gasteiger partial charge in [0.15, 0.2) is 5.82 Å². The van der Waals surface area contributed by atoms with Crippen molar-refractivity contribution in [3.8, 4) is 44.9 Å². The molecule has 0 spiro atoms. The molecule has 0 saturated heterocycles. The molecule has 7 aromatic carbocycles. The fourth-order valence-electron chi connectivity index (χ4n) is 6.54. The molecule has 0 amide bonds. The zero-order valence-corrected chi connectivity index (χ0v) is 25.1. The number of fused-ring (bicyclic) bond motifs is 6. The van der Waals surface area contributed by atoms with Crippen LogP contribution in [0.25, 0.3) is 86.7 Å². The predicted molar refractivity (Wildman–Crippen MR) is 192 cm³/mol. The molecule has 0 aliphatic carbocycles. The Morgan fingerprint density at radius 1 is 0.400 bits per heavy atom. The molecule has 0 aliphatic rings. The fourth-order valence-corrected chi connectivity index (χ4v) is 7.63. The molecule has 2 nitrogen and oxygen atoms in total. The Kier molecular flexibility index (Phi) is 6.03. The lowest BCUT2D eigenvalue weighted by molar-refractivity contribution is 1.24. The number of nitrogens with zero attached hydrogens (tertiary/aromatic N) is 2. The van der Waals surface area contributed by atoms with Crippen LogP contribution in [0, 0.1) is 0 Å². The number of aromatic nitrogens is 2. The third-order valence-corrected chi connectivity index (χ3v) is 9.74. The van der Waals surface area contributed by atoms with Gasteiger partial charge in [-0.3, -0.25) is 0 Å². The van der Waals surface area contributed by atoms with Gasteiger partial charge >= 0.3 is 0 Å². The molecule has 9 aromatic rings. The summed E-state index contributed by atoms with van der Waals surface area (Å²) in [6, 6.07) is 56.1. The van der Waals surface area contributed by atoms with E-state index in [1.165, 1.54) is 48.3 Å². The van der Waals surface area contributed by atoms with Gasteiger partial charge in [0.2, 0.25) is 0 Å². The van der Waals surface area contributed by atoms with E-state index in [4.69, 9.17) is 9.97 Å². The monoisotopic (exact) mass is 590 g/mol. The molecule has 0 bridgehead atoms. The Bertz CT molecular complexity index is 2540. The first kappa shape index (κ1) is 25.8. The lowest BCUT2D eigenvalue weighted by Gasteiger charge is -2.12. The van der Waals surface area contributed by atoms with Crippen LogP contribution in [0.5, 0.6) is 0 Å². The van der Waals surface area contributed by atoms with Gasteiger partial charge in [-0.15, -0.1) is 11.3 Å². The summed E-state index contributed by atoms with van der Waals surface area (Å²) in [4.78, 5) is 11.7. The van der Waals surface area contributed by atoms with Crippen LogP contribution < -0.4 is 0 Å². The molecule has 0 atom stereocenters. The summed E-state index contributed by atoms with van der Waals surface area (Å²) in [6.07, 6.45) is 0. The summed E-state index contributed by atoms with van der Waals surface area (Å²) in [5.74, 6) is 0.738. The van der Waals surface area contributed by atoms with Gasteiger partial charge in [0, 0.05) is 26.6 Å². The molecule has 0 saturated carbocycles. The van der Waals surface area contributed by atoms with Crippen molar-refractivity contribution in [2.75, 3.05) is 0 Å². The van der Waals surface area contributed by atoms with Crippen molar-refractivity contribution in [3.05, 3.63) is 158 Å². The quantitative estimate of drug-likeness (QED) is 0.204. The van der Waals surface area contributed by atoms with Crippen molar-refractivity contribution in [2.24, 2.45) is 0 Å². The van der Waals surface area contributed by atoms with E-state index < -0.39 is 0 Å². The van der Waals surface area contributed by atoms with E-state index in [0.717, 1.165) is 38.4 Å². The molecule has 210 valence electrons. The highest BCUT2D eigenvalue weighted by Gasteiger charge is 2.20. The van der Waals surface area contributed by atoms with Crippen molar-refractivity contribution in [2.45, 2.75) is 0 Å². The van der Waals surface area contributed by atoms with E-state index >= 15 is 0 Å². The van der Waals surface area contributed by atoms with E-state index in [9.17, 15) is 0 Å². The van der Waals surface area contributed by atoms with Crippen molar-refractivity contribution in [3.63, 3.8) is 0 Å². The molecule has 2 heterocycles. The average Bonchev–Trinajstić information content (AvgIpc) is 3.51. The average molecular weight is 591 g/mol. The number of hydrogen-bond acceptors (Lipinski definition) is 3. The number of hydrogen-bond donors (Lipinski definition) is 0. The molecule has 2 aromatic heterocycles. The molecule has 0 aliphatic heterocycles. The van der Waals surface area contributed by atoms with Gasteiger partial charge in [-0.1, -0.05) is 140 Å². The predicted octanol–water partition coefficient (Wildman–Crippen LogP) is 11.8. The topological polar surface area (TPSA) is 25.8 Å². The van der Waals surface area contributed by atoms with Crippen LogP contribution in [0.3, 0.4) is 0 Å². The summed E-state index contributed by atoms with van der Waals surface area (Å²) in [5, 5.41) is 7.21. The van der Waals surface area contributed by atoms with Gasteiger partial charge in [-0.25, -0.2) is 9.97 Å². The Morgan fingerprint density at radius 2 is 0.978 bits per heavy atom. The maximum Gasteiger partial charge on any atom is 0.161 e. The second kappa shape index (κ2) is 10.5.